The van der Waals surface area contributed by atoms with E-state index in [4.69, 9.17) is 4.74 Å². The summed E-state index contributed by atoms with van der Waals surface area (Å²) in [6, 6.07) is 16.8. The molecule has 26 heavy (non-hydrogen) atoms. The second-order valence-corrected chi connectivity index (χ2v) is 6.78. The smallest absolute Gasteiger partial charge is 0.338 e. The van der Waals surface area contributed by atoms with Crippen molar-refractivity contribution >= 4 is 17.6 Å². The molecule has 2 aromatic rings. The van der Waals surface area contributed by atoms with Crippen LogP contribution in [0.15, 0.2) is 54.6 Å². The van der Waals surface area contributed by atoms with Crippen LogP contribution in [0.5, 0.6) is 0 Å². The van der Waals surface area contributed by atoms with Crippen molar-refractivity contribution in [2.24, 2.45) is 0 Å². The number of hydrogen-bond acceptors (Lipinski definition) is 3. The number of carbonyl (C=O) groups excluding carboxylic acids is 2. The molecule has 2 aromatic carbocycles. The van der Waals surface area contributed by atoms with Gasteiger partial charge in [0.1, 0.15) is 6.10 Å². The van der Waals surface area contributed by atoms with Gasteiger partial charge < -0.3 is 10.1 Å². The number of amides is 1. The maximum Gasteiger partial charge on any atom is 0.338 e. The molecule has 0 aliphatic heterocycles. The average molecular weight is 351 g/mol. The van der Waals surface area contributed by atoms with Crippen LogP contribution >= 0.6 is 0 Å². The number of hydrogen-bond donors (Lipinski definition) is 1. The summed E-state index contributed by atoms with van der Waals surface area (Å²) in [5.74, 6) is -0.315. The second-order valence-electron chi connectivity index (χ2n) is 6.78. The maximum atomic E-state index is 12.2. The Morgan fingerprint density at radius 1 is 0.923 bits per heavy atom. The van der Waals surface area contributed by atoms with E-state index in [2.05, 4.69) is 5.32 Å². The maximum absolute atomic E-state index is 12.2. The van der Waals surface area contributed by atoms with E-state index in [1.54, 1.807) is 24.3 Å². The third-order valence-electron chi connectivity index (χ3n) is 4.71. The number of anilines is 1. The van der Waals surface area contributed by atoms with E-state index in [1.807, 2.05) is 30.3 Å². The van der Waals surface area contributed by atoms with Gasteiger partial charge in [-0.05, 0) is 61.9 Å². The van der Waals surface area contributed by atoms with Gasteiger partial charge in [-0.15, -0.1) is 0 Å². The van der Waals surface area contributed by atoms with Gasteiger partial charge in [0.25, 0.3) is 0 Å². The topological polar surface area (TPSA) is 55.4 Å². The Labute approximate surface area is 154 Å². The number of nitrogens with one attached hydrogen (secondary N) is 1. The zero-order valence-corrected chi connectivity index (χ0v) is 14.9. The molecule has 0 radical (unpaired) electrons. The molecule has 1 amide bonds. The van der Waals surface area contributed by atoms with Gasteiger partial charge in [-0.25, -0.2) is 4.79 Å². The van der Waals surface area contributed by atoms with E-state index < -0.39 is 0 Å². The number of ether oxygens (including phenoxy) is 1. The summed E-state index contributed by atoms with van der Waals surface area (Å²) in [6.07, 6.45) is 6.59. The van der Waals surface area contributed by atoms with Crippen molar-refractivity contribution in [3.63, 3.8) is 0 Å². The Hall–Kier alpha value is -2.62. The zero-order valence-electron chi connectivity index (χ0n) is 14.9. The number of esters is 1. The van der Waals surface area contributed by atoms with E-state index in [1.165, 1.54) is 6.42 Å². The van der Waals surface area contributed by atoms with Crippen molar-refractivity contribution in [2.45, 2.75) is 51.0 Å². The highest BCUT2D eigenvalue weighted by Crippen LogP contribution is 2.22. The summed E-state index contributed by atoms with van der Waals surface area (Å²) in [5, 5.41) is 2.87. The molecule has 0 aromatic heterocycles. The van der Waals surface area contributed by atoms with E-state index in [0.29, 0.717) is 24.1 Å². The summed E-state index contributed by atoms with van der Waals surface area (Å²) in [4.78, 5) is 24.3. The molecule has 0 atom stereocenters. The molecular weight excluding hydrogens is 326 g/mol. The number of benzene rings is 2. The van der Waals surface area contributed by atoms with Crippen LogP contribution in [0.4, 0.5) is 5.69 Å². The number of carbonyl (C=O) groups is 2. The fraction of sp³-hybridized carbons (Fsp3) is 0.364. The van der Waals surface area contributed by atoms with Crippen LogP contribution in [0.2, 0.25) is 0 Å². The number of aryl methyl sites for hydroxylation is 1. The van der Waals surface area contributed by atoms with Crippen LogP contribution in [0, 0.1) is 0 Å². The van der Waals surface area contributed by atoms with Crippen LogP contribution in [0.1, 0.15) is 54.4 Å². The summed E-state index contributed by atoms with van der Waals surface area (Å²) in [7, 11) is 0. The van der Waals surface area contributed by atoms with Gasteiger partial charge in [0.05, 0.1) is 5.56 Å². The molecule has 4 nitrogen and oxygen atoms in total. The van der Waals surface area contributed by atoms with Gasteiger partial charge in [-0.1, -0.05) is 36.8 Å². The SMILES string of the molecule is O=C(CCc1ccccc1)Nc1ccc(C(=O)OC2CCCCC2)cc1. The fourth-order valence-corrected chi connectivity index (χ4v) is 3.22. The first-order valence-corrected chi connectivity index (χ1v) is 9.35. The van der Waals surface area contributed by atoms with Crippen molar-refractivity contribution in [3.05, 3.63) is 65.7 Å². The average Bonchev–Trinajstić information content (AvgIpc) is 2.68. The first kappa shape index (κ1) is 18.2. The summed E-state index contributed by atoms with van der Waals surface area (Å²) in [5.41, 5.74) is 2.36. The molecular formula is C22H25NO3. The predicted octanol–water partition coefficient (Wildman–Crippen LogP) is 4.75. The standard InChI is InChI=1S/C22H25NO3/c24-21(16-11-17-7-3-1-4-8-17)23-19-14-12-18(13-15-19)22(25)26-20-9-5-2-6-10-20/h1,3-4,7-8,12-15,20H,2,5-6,9-11,16H2,(H,23,24). The minimum Gasteiger partial charge on any atom is -0.459 e. The van der Waals surface area contributed by atoms with Gasteiger partial charge in [0.2, 0.25) is 5.91 Å². The molecule has 1 N–H and O–H groups in total. The van der Waals surface area contributed by atoms with E-state index >= 15 is 0 Å². The molecule has 4 heteroatoms. The molecule has 1 fully saturated rings. The highest BCUT2D eigenvalue weighted by molar-refractivity contribution is 5.93. The first-order chi connectivity index (χ1) is 12.7. The van der Waals surface area contributed by atoms with Crippen molar-refractivity contribution in [3.8, 4) is 0 Å². The minimum absolute atomic E-state index is 0.0358. The Morgan fingerprint density at radius 2 is 1.62 bits per heavy atom. The van der Waals surface area contributed by atoms with E-state index in [9.17, 15) is 9.59 Å². The first-order valence-electron chi connectivity index (χ1n) is 9.35. The molecule has 1 aliphatic carbocycles. The quantitative estimate of drug-likeness (QED) is 0.764. The Kier molecular flexibility index (Phi) is 6.42. The van der Waals surface area contributed by atoms with Gasteiger partial charge in [-0.2, -0.15) is 0 Å². The lowest BCUT2D eigenvalue weighted by Crippen LogP contribution is -2.21. The van der Waals surface area contributed by atoms with Crippen molar-refractivity contribution in [1.82, 2.24) is 0 Å². The molecule has 0 spiro atoms. The summed E-state index contributed by atoms with van der Waals surface area (Å²) in [6.45, 7) is 0. The largest absolute Gasteiger partial charge is 0.459 e. The lowest BCUT2D eigenvalue weighted by molar-refractivity contribution is -0.116. The van der Waals surface area contributed by atoms with Gasteiger partial charge in [0.15, 0.2) is 0 Å². The number of rotatable bonds is 6. The minimum atomic E-state index is -0.279. The van der Waals surface area contributed by atoms with Crippen LogP contribution in [-0.2, 0) is 16.0 Å². The molecule has 1 aliphatic rings. The van der Waals surface area contributed by atoms with Crippen LogP contribution in [-0.4, -0.2) is 18.0 Å². The lowest BCUT2D eigenvalue weighted by atomic mass is 9.98. The van der Waals surface area contributed by atoms with Crippen molar-refractivity contribution in [2.75, 3.05) is 5.32 Å². The Morgan fingerprint density at radius 3 is 2.31 bits per heavy atom. The van der Waals surface area contributed by atoms with Crippen LogP contribution < -0.4 is 5.32 Å². The highest BCUT2D eigenvalue weighted by Gasteiger charge is 2.18. The molecule has 3 rings (SSSR count). The Bertz CT molecular complexity index is 719. The van der Waals surface area contributed by atoms with Crippen LogP contribution in [0.3, 0.4) is 0 Å². The van der Waals surface area contributed by atoms with Gasteiger partial charge in [-0.3, -0.25) is 4.79 Å². The Balaban J connectivity index is 1.47. The van der Waals surface area contributed by atoms with E-state index in [0.717, 1.165) is 31.2 Å². The summed E-state index contributed by atoms with van der Waals surface area (Å²) < 4.78 is 5.56. The van der Waals surface area contributed by atoms with Crippen molar-refractivity contribution < 1.29 is 14.3 Å². The molecule has 0 unspecified atom stereocenters. The van der Waals surface area contributed by atoms with Gasteiger partial charge in [0, 0.05) is 12.1 Å². The van der Waals surface area contributed by atoms with Crippen molar-refractivity contribution in [1.29, 1.82) is 0 Å². The molecule has 0 bridgehead atoms. The predicted molar refractivity (Wildman–Crippen MR) is 102 cm³/mol. The van der Waals surface area contributed by atoms with E-state index in [-0.39, 0.29) is 18.0 Å². The van der Waals surface area contributed by atoms with Crippen LogP contribution in [0.25, 0.3) is 0 Å². The molecule has 1 saturated carbocycles. The third kappa shape index (κ3) is 5.45. The third-order valence-corrected chi connectivity index (χ3v) is 4.71. The molecule has 0 heterocycles. The second kappa shape index (κ2) is 9.18. The zero-order chi connectivity index (χ0) is 18.2. The molecule has 136 valence electrons. The normalized spacial score (nSPS) is 14.6. The van der Waals surface area contributed by atoms with Gasteiger partial charge >= 0.3 is 5.97 Å². The molecule has 0 saturated heterocycles. The summed E-state index contributed by atoms with van der Waals surface area (Å²) >= 11 is 0. The fourth-order valence-electron chi connectivity index (χ4n) is 3.22. The monoisotopic (exact) mass is 351 g/mol. The lowest BCUT2D eigenvalue weighted by Gasteiger charge is -2.21. The highest BCUT2D eigenvalue weighted by atomic mass is 16.5.